The number of rotatable bonds is 7. The summed E-state index contributed by atoms with van der Waals surface area (Å²) < 4.78 is 33.5. The summed E-state index contributed by atoms with van der Waals surface area (Å²) in [5.74, 6) is -2.12. The van der Waals surface area contributed by atoms with E-state index in [-0.39, 0.29) is 18.2 Å². The maximum atomic E-state index is 13.9. The van der Waals surface area contributed by atoms with Crippen LogP contribution in [0.3, 0.4) is 0 Å². The minimum Gasteiger partial charge on any atom is -0.480 e. The van der Waals surface area contributed by atoms with Crippen molar-refractivity contribution in [2.75, 3.05) is 39.8 Å². The fourth-order valence-corrected chi connectivity index (χ4v) is 3.94. The number of hydrogen-bond acceptors (Lipinski definition) is 6. The van der Waals surface area contributed by atoms with Crippen molar-refractivity contribution in [1.82, 2.24) is 14.8 Å². The molecule has 0 bridgehead atoms. The maximum Gasteiger partial charge on any atom is 0.317 e. The van der Waals surface area contributed by atoms with Crippen molar-refractivity contribution >= 4 is 17.3 Å². The Kier molecular flexibility index (Phi) is 6.48. The third kappa shape index (κ3) is 5.29. The van der Waals surface area contributed by atoms with E-state index >= 15 is 0 Å². The smallest absolute Gasteiger partial charge is 0.317 e. The average molecular weight is 397 g/mol. The van der Waals surface area contributed by atoms with Gasteiger partial charge in [0.05, 0.1) is 37.1 Å². The van der Waals surface area contributed by atoms with Gasteiger partial charge in [-0.1, -0.05) is 6.07 Å². The van der Waals surface area contributed by atoms with E-state index in [1.165, 1.54) is 29.5 Å². The number of benzene rings is 1. The molecule has 1 aliphatic heterocycles. The second-order valence-corrected chi connectivity index (χ2v) is 7.48. The van der Waals surface area contributed by atoms with Gasteiger partial charge in [-0.3, -0.25) is 14.6 Å². The Balaban J connectivity index is 1.61. The lowest BCUT2D eigenvalue weighted by molar-refractivity contribution is -0.138. The molecular weight excluding hydrogens is 376 g/mol. The average Bonchev–Trinajstić information content (AvgIpc) is 3.02. The van der Waals surface area contributed by atoms with E-state index in [9.17, 15) is 13.6 Å². The van der Waals surface area contributed by atoms with Crippen molar-refractivity contribution in [3.63, 3.8) is 0 Å². The minimum absolute atomic E-state index is 0.0378. The number of likely N-dealkylation sites (N-methyl/N-ethyl adjacent to an activating group) is 1. The number of carboxylic acid groups (broad SMARTS) is 1. The number of hydrogen-bond donors (Lipinski definition) is 1. The van der Waals surface area contributed by atoms with Gasteiger partial charge < -0.3 is 9.84 Å². The molecule has 27 heavy (non-hydrogen) atoms. The van der Waals surface area contributed by atoms with Crippen LogP contribution in [0.15, 0.2) is 23.6 Å². The molecule has 146 valence electrons. The van der Waals surface area contributed by atoms with E-state index in [0.29, 0.717) is 31.9 Å². The van der Waals surface area contributed by atoms with E-state index < -0.39 is 17.6 Å². The Morgan fingerprint density at radius 1 is 1.44 bits per heavy atom. The third-order valence-corrected chi connectivity index (χ3v) is 5.11. The summed E-state index contributed by atoms with van der Waals surface area (Å²) in [6.07, 6.45) is -0.0912. The van der Waals surface area contributed by atoms with Crippen LogP contribution in [0.1, 0.15) is 5.01 Å². The lowest BCUT2D eigenvalue weighted by Gasteiger charge is -2.34. The molecule has 1 aliphatic rings. The van der Waals surface area contributed by atoms with E-state index in [0.717, 1.165) is 11.6 Å². The predicted octanol–water partition coefficient (Wildman–Crippen LogP) is 2.31. The number of carboxylic acids is 1. The summed E-state index contributed by atoms with van der Waals surface area (Å²) in [7, 11) is 1.74. The number of thiazole rings is 1. The zero-order valence-corrected chi connectivity index (χ0v) is 15.7. The second kappa shape index (κ2) is 8.83. The number of morpholine rings is 1. The van der Waals surface area contributed by atoms with Gasteiger partial charge in [0.15, 0.2) is 0 Å². The molecular formula is C18H21F2N3O3S. The SMILES string of the molecule is CN(CC(=O)O)CC1CN(Cc2nc(-c3c(F)cccc3F)cs2)CCO1. The molecule has 1 aromatic carbocycles. The van der Waals surface area contributed by atoms with Gasteiger partial charge in [0.1, 0.15) is 16.6 Å². The Labute approximate surface area is 160 Å². The van der Waals surface area contributed by atoms with Crippen molar-refractivity contribution in [1.29, 1.82) is 0 Å². The Bertz CT molecular complexity index is 782. The molecule has 2 aromatic rings. The van der Waals surface area contributed by atoms with Crippen LogP contribution in [-0.2, 0) is 16.1 Å². The standard InChI is InChI=1S/C18H21F2N3O3S/c1-22(10-17(24)25)7-12-8-23(5-6-26-12)9-16-21-15(11-27-16)18-13(19)3-2-4-14(18)20/h2-4,11-12H,5-10H2,1H3,(H,24,25). The van der Waals surface area contributed by atoms with Gasteiger partial charge in [-0.2, -0.15) is 0 Å². The van der Waals surface area contributed by atoms with E-state index in [4.69, 9.17) is 9.84 Å². The summed E-state index contributed by atoms with van der Waals surface area (Å²) in [5.41, 5.74) is 0.201. The van der Waals surface area contributed by atoms with Crippen LogP contribution in [0.25, 0.3) is 11.3 Å². The quantitative estimate of drug-likeness (QED) is 0.774. The molecule has 1 unspecified atom stereocenters. The fourth-order valence-electron chi connectivity index (χ4n) is 3.11. The highest BCUT2D eigenvalue weighted by atomic mass is 32.1. The summed E-state index contributed by atoms with van der Waals surface area (Å²) in [4.78, 5) is 19.0. The highest BCUT2D eigenvalue weighted by molar-refractivity contribution is 7.09. The number of nitrogens with zero attached hydrogens (tertiary/aromatic N) is 3. The van der Waals surface area contributed by atoms with Crippen LogP contribution in [-0.4, -0.2) is 71.8 Å². The van der Waals surface area contributed by atoms with Gasteiger partial charge in [-0.25, -0.2) is 13.8 Å². The molecule has 0 saturated carbocycles. The Hall–Kier alpha value is -1.94. The maximum absolute atomic E-state index is 13.9. The molecule has 9 heteroatoms. The van der Waals surface area contributed by atoms with Crippen LogP contribution in [0.5, 0.6) is 0 Å². The minimum atomic E-state index is -0.874. The van der Waals surface area contributed by atoms with Crippen molar-refractivity contribution in [3.8, 4) is 11.3 Å². The van der Waals surface area contributed by atoms with Gasteiger partial charge in [0, 0.05) is 25.0 Å². The van der Waals surface area contributed by atoms with Gasteiger partial charge in [-0.15, -0.1) is 11.3 Å². The van der Waals surface area contributed by atoms with Crippen LogP contribution >= 0.6 is 11.3 Å². The van der Waals surface area contributed by atoms with Crippen molar-refractivity contribution < 1.29 is 23.4 Å². The van der Waals surface area contributed by atoms with Crippen molar-refractivity contribution in [2.45, 2.75) is 12.6 Å². The molecule has 1 saturated heterocycles. The molecule has 1 aromatic heterocycles. The van der Waals surface area contributed by atoms with Gasteiger partial charge in [0.2, 0.25) is 0 Å². The van der Waals surface area contributed by atoms with Gasteiger partial charge >= 0.3 is 5.97 Å². The van der Waals surface area contributed by atoms with E-state index in [1.807, 2.05) is 0 Å². The van der Waals surface area contributed by atoms with Crippen LogP contribution in [0.4, 0.5) is 8.78 Å². The number of carbonyl (C=O) groups is 1. The summed E-state index contributed by atoms with van der Waals surface area (Å²) in [5, 5.41) is 11.3. The first-order valence-electron chi connectivity index (χ1n) is 8.55. The summed E-state index contributed by atoms with van der Waals surface area (Å²) in [6.45, 7) is 2.96. The van der Waals surface area contributed by atoms with E-state index in [2.05, 4.69) is 9.88 Å². The van der Waals surface area contributed by atoms with Crippen LogP contribution in [0, 0.1) is 11.6 Å². The lowest BCUT2D eigenvalue weighted by atomic mass is 10.1. The van der Waals surface area contributed by atoms with E-state index in [1.54, 1.807) is 17.3 Å². The molecule has 0 aliphatic carbocycles. The molecule has 1 fully saturated rings. The predicted molar refractivity (Wildman–Crippen MR) is 97.6 cm³/mol. The molecule has 6 nitrogen and oxygen atoms in total. The zero-order chi connectivity index (χ0) is 19.4. The molecule has 3 rings (SSSR count). The topological polar surface area (TPSA) is 65.9 Å². The van der Waals surface area contributed by atoms with Gasteiger partial charge in [0.25, 0.3) is 0 Å². The number of ether oxygens (including phenoxy) is 1. The first-order valence-corrected chi connectivity index (χ1v) is 9.43. The fraction of sp³-hybridized carbons (Fsp3) is 0.444. The Morgan fingerprint density at radius 3 is 2.89 bits per heavy atom. The first kappa shape index (κ1) is 19.8. The molecule has 0 radical (unpaired) electrons. The van der Waals surface area contributed by atoms with Crippen LogP contribution < -0.4 is 0 Å². The molecule has 0 amide bonds. The lowest BCUT2D eigenvalue weighted by Crippen LogP contribution is -2.47. The highest BCUT2D eigenvalue weighted by Gasteiger charge is 2.23. The molecule has 1 N–H and O–H groups in total. The number of aromatic nitrogens is 1. The normalized spacial score (nSPS) is 18.1. The first-order chi connectivity index (χ1) is 12.9. The zero-order valence-electron chi connectivity index (χ0n) is 14.9. The summed E-state index contributed by atoms with van der Waals surface area (Å²) in [6, 6.07) is 3.77. The summed E-state index contributed by atoms with van der Waals surface area (Å²) >= 11 is 1.36. The molecule has 1 atom stereocenters. The third-order valence-electron chi connectivity index (χ3n) is 4.27. The highest BCUT2D eigenvalue weighted by Crippen LogP contribution is 2.28. The van der Waals surface area contributed by atoms with Crippen LogP contribution in [0.2, 0.25) is 0 Å². The van der Waals surface area contributed by atoms with Crippen molar-refractivity contribution in [2.24, 2.45) is 0 Å². The molecule has 0 spiro atoms. The van der Waals surface area contributed by atoms with Crippen molar-refractivity contribution in [3.05, 3.63) is 40.2 Å². The number of halogens is 2. The largest absolute Gasteiger partial charge is 0.480 e. The second-order valence-electron chi connectivity index (χ2n) is 6.54. The monoisotopic (exact) mass is 397 g/mol. The number of aliphatic carboxylic acids is 1. The molecule has 2 heterocycles. The van der Waals surface area contributed by atoms with Gasteiger partial charge in [-0.05, 0) is 19.2 Å². The Morgan fingerprint density at radius 2 is 2.19 bits per heavy atom.